The number of anilines is 1. The number of pyridine rings is 1. The van der Waals surface area contributed by atoms with Gasteiger partial charge in [0.05, 0.1) is 29.2 Å². The molecule has 0 radical (unpaired) electrons. The van der Waals surface area contributed by atoms with E-state index in [4.69, 9.17) is 17.5 Å². The number of nitrogens with zero attached hydrogens (tertiary/aromatic N) is 4. The molecule has 4 aromatic rings. The van der Waals surface area contributed by atoms with Crippen LogP contribution in [0.3, 0.4) is 0 Å². The Labute approximate surface area is 228 Å². The summed E-state index contributed by atoms with van der Waals surface area (Å²) in [5, 5.41) is 12.3. The summed E-state index contributed by atoms with van der Waals surface area (Å²) < 4.78 is 43.0. The predicted octanol–water partition coefficient (Wildman–Crippen LogP) is 5.34. The molecule has 0 amide bonds. The number of nitrogens with one attached hydrogen (secondary N) is 2. The van der Waals surface area contributed by atoms with Crippen molar-refractivity contribution < 1.29 is 13.2 Å². The van der Waals surface area contributed by atoms with Crippen molar-refractivity contribution in [2.75, 3.05) is 11.9 Å². The molecular formula is C28H25F3N6OS. The monoisotopic (exact) mass is 550 g/mol. The minimum Gasteiger partial charge on any atom is -0.345 e. The van der Waals surface area contributed by atoms with E-state index in [0.29, 0.717) is 37.2 Å². The second-order valence-corrected chi connectivity index (χ2v) is 9.26. The Balaban J connectivity index is 1.48. The van der Waals surface area contributed by atoms with E-state index in [1.807, 2.05) is 16.7 Å². The lowest BCUT2D eigenvalue weighted by Crippen LogP contribution is -2.36. The van der Waals surface area contributed by atoms with E-state index in [0.717, 1.165) is 17.3 Å². The zero-order valence-corrected chi connectivity index (χ0v) is 21.6. The zero-order chi connectivity index (χ0) is 27.8. The molecule has 2 heterocycles. The highest BCUT2D eigenvalue weighted by Crippen LogP contribution is 2.32. The minimum absolute atomic E-state index is 0.0463. The summed E-state index contributed by atoms with van der Waals surface area (Å²) in [4.78, 5) is 19.9. The molecule has 7 nitrogen and oxygen atoms in total. The molecule has 0 aliphatic heterocycles. The van der Waals surface area contributed by atoms with E-state index in [2.05, 4.69) is 21.4 Å². The lowest BCUT2D eigenvalue weighted by molar-refractivity contribution is -0.138. The molecule has 4 rings (SSSR count). The van der Waals surface area contributed by atoms with Crippen molar-refractivity contribution in [3.8, 4) is 6.07 Å². The van der Waals surface area contributed by atoms with Crippen LogP contribution in [0.4, 0.5) is 18.9 Å². The summed E-state index contributed by atoms with van der Waals surface area (Å²) in [6.45, 7) is 0.911. The fourth-order valence-electron chi connectivity index (χ4n) is 4.11. The molecule has 0 aliphatic carbocycles. The van der Waals surface area contributed by atoms with Gasteiger partial charge in [-0.1, -0.05) is 30.3 Å². The number of rotatable bonds is 9. The molecular weight excluding hydrogens is 525 g/mol. The van der Waals surface area contributed by atoms with Gasteiger partial charge >= 0.3 is 6.18 Å². The molecule has 0 saturated carbocycles. The number of H-pyrrole nitrogens is 1. The highest BCUT2D eigenvalue weighted by atomic mass is 32.1. The van der Waals surface area contributed by atoms with E-state index in [-0.39, 0.29) is 22.8 Å². The smallest absolute Gasteiger partial charge is 0.345 e. The standard InChI is InChI=1S/C28H25F3N6OS/c29-28(30,31)25-6-2-1-4-22(25)18-36(27(39)35-23-11-12-26(38)34-15-23)13-3-5-24-16-33-19-37(24)17-21-9-7-20(14-32)8-10-21/h1-2,4,6-12,15-16,19H,3,5,13,17-18H2,(H,34,38)(H,35,39). The maximum absolute atomic E-state index is 13.7. The third-order valence-electron chi connectivity index (χ3n) is 6.10. The number of benzene rings is 2. The van der Waals surface area contributed by atoms with Gasteiger partial charge in [-0.15, -0.1) is 0 Å². The maximum atomic E-state index is 13.7. The van der Waals surface area contributed by atoms with Crippen LogP contribution in [0.2, 0.25) is 0 Å². The van der Waals surface area contributed by atoms with Gasteiger partial charge < -0.3 is 19.8 Å². The molecule has 200 valence electrons. The molecule has 0 fully saturated rings. The molecule has 0 atom stereocenters. The molecule has 2 aromatic heterocycles. The van der Waals surface area contributed by atoms with Gasteiger partial charge in [-0.05, 0) is 60.5 Å². The number of hydrogen-bond acceptors (Lipinski definition) is 4. The molecule has 39 heavy (non-hydrogen) atoms. The van der Waals surface area contributed by atoms with Gasteiger partial charge in [0.1, 0.15) is 0 Å². The average Bonchev–Trinajstić information content (AvgIpc) is 3.36. The summed E-state index contributed by atoms with van der Waals surface area (Å²) in [6.07, 6.45) is 1.68. The lowest BCUT2D eigenvalue weighted by Gasteiger charge is -2.27. The number of thiocarbonyl (C=S) groups is 1. The summed E-state index contributed by atoms with van der Waals surface area (Å²) in [5.74, 6) is 0. The largest absolute Gasteiger partial charge is 0.416 e. The normalized spacial score (nSPS) is 11.1. The first kappa shape index (κ1) is 27.6. The summed E-state index contributed by atoms with van der Waals surface area (Å²) in [5.41, 5.74) is 2.22. The fraction of sp³-hybridized carbons (Fsp3) is 0.214. The van der Waals surface area contributed by atoms with Gasteiger partial charge in [-0.25, -0.2) is 4.98 Å². The second-order valence-electron chi connectivity index (χ2n) is 8.87. The van der Waals surface area contributed by atoms with Crippen molar-refractivity contribution in [3.05, 3.63) is 118 Å². The highest BCUT2D eigenvalue weighted by molar-refractivity contribution is 7.80. The Morgan fingerprint density at radius 2 is 1.90 bits per heavy atom. The lowest BCUT2D eigenvalue weighted by atomic mass is 10.1. The average molecular weight is 551 g/mol. The minimum atomic E-state index is -4.49. The van der Waals surface area contributed by atoms with Gasteiger partial charge in [0.2, 0.25) is 5.56 Å². The maximum Gasteiger partial charge on any atom is 0.416 e. The Morgan fingerprint density at radius 3 is 2.59 bits per heavy atom. The van der Waals surface area contributed by atoms with Gasteiger partial charge in [0.15, 0.2) is 5.11 Å². The topological polar surface area (TPSA) is 89.7 Å². The van der Waals surface area contributed by atoms with Gasteiger partial charge in [0.25, 0.3) is 0 Å². The van der Waals surface area contributed by atoms with Crippen LogP contribution in [0.25, 0.3) is 0 Å². The number of hydrogen-bond donors (Lipinski definition) is 2. The zero-order valence-electron chi connectivity index (χ0n) is 20.8. The molecule has 2 aromatic carbocycles. The molecule has 2 N–H and O–H groups in total. The van der Waals surface area contributed by atoms with Crippen LogP contribution >= 0.6 is 12.2 Å². The van der Waals surface area contributed by atoms with Crippen LogP contribution in [0.15, 0.2) is 84.2 Å². The second kappa shape index (κ2) is 12.4. The molecule has 0 aliphatic rings. The molecule has 0 spiro atoms. The van der Waals surface area contributed by atoms with E-state index in [9.17, 15) is 18.0 Å². The van der Waals surface area contributed by atoms with E-state index in [1.165, 1.54) is 24.4 Å². The van der Waals surface area contributed by atoms with Crippen LogP contribution in [0.1, 0.15) is 34.4 Å². The van der Waals surface area contributed by atoms with Crippen molar-refractivity contribution in [1.82, 2.24) is 19.4 Å². The number of imidazole rings is 1. The van der Waals surface area contributed by atoms with Crippen LogP contribution in [-0.2, 0) is 25.7 Å². The number of halogens is 3. The predicted molar refractivity (Wildman–Crippen MR) is 146 cm³/mol. The third kappa shape index (κ3) is 7.55. The molecule has 0 bridgehead atoms. The Kier molecular flexibility index (Phi) is 8.78. The quantitative estimate of drug-likeness (QED) is 0.274. The Hall–Kier alpha value is -4.43. The van der Waals surface area contributed by atoms with E-state index in [1.54, 1.807) is 41.7 Å². The van der Waals surface area contributed by atoms with Crippen molar-refractivity contribution in [2.45, 2.75) is 32.1 Å². The SMILES string of the molecule is N#Cc1ccc(Cn2cncc2CCCN(Cc2ccccc2C(F)(F)F)C(=S)Nc2ccc(=O)[nH]c2)cc1. The number of aromatic nitrogens is 3. The van der Waals surface area contributed by atoms with Crippen molar-refractivity contribution in [1.29, 1.82) is 5.26 Å². The summed E-state index contributed by atoms with van der Waals surface area (Å²) >= 11 is 5.57. The van der Waals surface area contributed by atoms with Gasteiger partial charge in [0, 0.05) is 43.8 Å². The van der Waals surface area contributed by atoms with Crippen LogP contribution < -0.4 is 10.9 Å². The number of aromatic amines is 1. The number of alkyl halides is 3. The Morgan fingerprint density at radius 1 is 1.13 bits per heavy atom. The Bertz CT molecular complexity index is 1500. The first-order valence-corrected chi connectivity index (χ1v) is 12.5. The molecule has 0 saturated heterocycles. The van der Waals surface area contributed by atoms with Crippen LogP contribution in [-0.4, -0.2) is 31.1 Å². The van der Waals surface area contributed by atoms with Gasteiger partial charge in [-0.3, -0.25) is 4.79 Å². The summed E-state index contributed by atoms with van der Waals surface area (Å²) in [6, 6.07) is 17.7. The van der Waals surface area contributed by atoms with E-state index >= 15 is 0 Å². The van der Waals surface area contributed by atoms with Crippen molar-refractivity contribution in [3.63, 3.8) is 0 Å². The van der Waals surface area contributed by atoms with Crippen molar-refractivity contribution >= 4 is 23.0 Å². The summed E-state index contributed by atoms with van der Waals surface area (Å²) in [7, 11) is 0. The first-order valence-electron chi connectivity index (χ1n) is 12.1. The number of nitriles is 1. The molecule has 11 heteroatoms. The first-order chi connectivity index (χ1) is 18.7. The fourth-order valence-corrected chi connectivity index (χ4v) is 4.39. The van der Waals surface area contributed by atoms with Crippen LogP contribution in [0, 0.1) is 11.3 Å². The van der Waals surface area contributed by atoms with E-state index < -0.39 is 11.7 Å². The van der Waals surface area contributed by atoms with Crippen LogP contribution in [0.5, 0.6) is 0 Å². The number of aryl methyl sites for hydroxylation is 1. The van der Waals surface area contributed by atoms with Crippen molar-refractivity contribution in [2.24, 2.45) is 0 Å². The highest BCUT2D eigenvalue weighted by Gasteiger charge is 2.33. The third-order valence-corrected chi connectivity index (χ3v) is 6.46. The molecule has 0 unspecified atom stereocenters. The van der Waals surface area contributed by atoms with Gasteiger partial charge in [-0.2, -0.15) is 18.4 Å².